The van der Waals surface area contributed by atoms with Crippen LogP contribution in [0.1, 0.15) is 11.5 Å². The van der Waals surface area contributed by atoms with Gasteiger partial charge in [0.2, 0.25) is 11.8 Å². The second-order valence-corrected chi connectivity index (χ2v) is 6.40. The van der Waals surface area contributed by atoms with Crippen LogP contribution in [0, 0.1) is 6.92 Å². The second kappa shape index (κ2) is 7.42. The van der Waals surface area contributed by atoms with Crippen LogP contribution in [0.3, 0.4) is 0 Å². The van der Waals surface area contributed by atoms with Gasteiger partial charge in [-0.25, -0.2) is 4.98 Å². The number of likely N-dealkylation sites (N-methyl/N-ethyl adjacent to an activating group) is 1. The van der Waals surface area contributed by atoms with E-state index in [2.05, 4.69) is 10.3 Å². The van der Waals surface area contributed by atoms with Gasteiger partial charge in [-0.2, -0.15) is 11.3 Å². The number of aryl methyl sites for hydroxylation is 1. The molecule has 2 aromatic heterocycles. The van der Waals surface area contributed by atoms with Gasteiger partial charge in [0.15, 0.2) is 0 Å². The first-order valence-corrected chi connectivity index (χ1v) is 8.58. The van der Waals surface area contributed by atoms with E-state index in [1.54, 1.807) is 11.3 Å². The number of para-hydroxylation sites is 1. The standard InChI is InChI=1S/C18H19N3O2S/c1-13-16(20-18(23-13)14-8-9-24-12-14)10-21(2)11-17(22)19-15-6-4-3-5-7-15/h3-9,12H,10-11H2,1-2H3,(H,19,22). The van der Waals surface area contributed by atoms with Gasteiger partial charge in [0.1, 0.15) is 5.76 Å². The Labute approximate surface area is 144 Å². The summed E-state index contributed by atoms with van der Waals surface area (Å²) in [5.41, 5.74) is 2.64. The monoisotopic (exact) mass is 341 g/mol. The maximum Gasteiger partial charge on any atom is 0.238 e. The molecule has 1 aromatic carbocycles. The molecule has 0 bridgehead atoms. The van der Waals surface area contributed by atoms with Gasteiger partial charge in [0.05, 0.1) is 12.2 Å². The zero-order valence-corrected chi connectivity index (χ0v) is 14.5. The lowest BCUT2D eigenvalue weighted by Gasteiger charge is -2.15. The van der Waals surface area contributed by atoms with Crippen LogP contribution >= 0.6 is 11.3 Å². The van der Waals surface area contributed by atoms with E-state index in [0.29, 0.717) is 12.4 Å². The predicted molar refractivity (Wildman–Crippen MR) is 96.0 cm³/mol. The minimum Gasteiger partial charge on any atom is -0.441 e. The molecule has 0 saturated carbocycles. The van der Waals surface area contributed by atoms with Crippen LogP contribution in [0.2, 0.25) is 0 Å². The Hall–Kier alpha value is -2.44. The number of nitrogens with one attached hydrogen (secondary N) is 1. The predicted octanol–water partition coefficient (Wildman–Crippen LogP) is 3.78. The Kier molecular flexibility index (Phi) is 5.08. The first-order valence-electron chi connectivity index (χ1n) is 7.64. The molecule has 0 aliphatic carbocycles. The molecule has 0 unspecified atom stereocenters. The highest BCUT2D eigenvalue weighted by atomic mass is 32.1. The summed E-state index contributed by atoms with van der Waals surface area (Å²) in [4.78, 5) is 18.6. The number of anilines is 1. The molecule has 0 fully saturated rings. The van der Waals surface area contributed by atoms with E-state index in [4.69, 9.17) is 4.42 Å². The van der Waals surface area contributed by atoms with Crippen molar-refractivity contribution in [3.8, 4) is 11.5 Å². The smallest absolute Gasteiger partial charge is 0.238 e. The number of amides is 1. The molecule has 124 valence electrons. The Morgan fingerprint density at radius 3 is 2.79 bits per heavy atom. The number of aromatic nitrogens is 1. The molecule has 6 heteroatoms. The molecule has 0 aliphatic rings. The summed E-state index contributed by atoms with van der Waals surface area (Å²) >= 11 is 1.61. The van der Waals surface area contributed by atoms with Crippen LogP contribution in [-0.2, 0) is 11.3 Å². The highest BCUT2D eigenvalue weighted by Crippen LogP contribution is 2.24. The third-order valence-corrected chi connectivity index (χ3v) is 4.23. The molecule has 0 saturated heterocycles. The van der Waals surface area contributed by atoms with Crippen molar-refractivity contribution >= 4 is 22.9 Å². The summed E-state index contributed by atoms with van der Waals surface area (Å²) in [7, 11) is 1.89. The fraction of sp³-hybridized carbons (Fsp3) is 0.222. The van der Waals surface area contributed by atoms with Crippen molar-refractivity contribution in [3.63, 3.8) is 0 Å². The first kappa shape index (κ1) is 16.4. The molecule has 2 heterocycles. The number of carbonyl (C=O) groups excluding carboxylic acids is 1. The molecule has 3 aromatic rings. The molecule has 1 N–H and O–H groups in total. The largest absolute Gasteiger partial charge is 0.441 e. The van der Waals surface area contributed by atoms with Gasteiger partial charge in [0.25, 0.3) is 0 Å². The summed E-state index contributed by atoms with van der Waals surface area (Å²) in [6, 6.07) is 11.4. The van der Waals surface area contributed by atoms with Gasteiger partial charge >= 0.3 is 0 Å². The van der Waals surface area contributed by atoms with Gasteiger partial charge in [-0.15, -0.1) is 0 Å². The molecule has 5 nitrogen and oxygen atoms in total. The lowest BCUT2D eigenvalue weighted by molar-refractivity contribution is -0.117. The van der Waals surface area contributed by atoms with Crippen LogP contribution < -0.4 is 5.32 Å². The summed E-state index contributed by atoms with van der Waals surface area (Å²) in [6.07, 6.45) is 0. The highest BCUT2D eigenvalue weighted by Gasteiger charge is 2.15. The zero-order chi connectivity index (χ0) is 16.9. The van der Waals surface area contributed by atoms with Crippen LogP contribution in [-0.4, -0.2) is 29.4 Å². The molecular weight excluding hydrogens is 322 g/mol. The lowest BCUT2D eigenvalue weighted by Crippen LogP contribution is -2.30. The van der Waals surface area contributed by atoms with Crippen molar-refractivity contribution in [1.82, 2.24) is 9.88 Å². The Balaban J connectivity index is 1.59. The van der Waals surface area contributed by atoms with Crippen molar-refractivity contribution in [1.29, 1.82) is 0 Å². The van der Waals surface area contributed by atoms with Crippen LogP contribution in [0.5, 0.6) is 0 Å². The fourth-order valence-electron chi connectivity index (χ4n) is 2.36. The Morgan fingerprint density at radius 1 is 1.29 bits per heavy atom. The fourth-order valence-corrected chi connectivity index (χ4v) is 2.99. The van der Waals surface area contributed by atoms with Crippen molar-refractivity contribution in [2.75, 3.05) is 18.9 Å². The number of nitrogens with zero attached hydrogens (tertiary/aromatic N) is 2. The SMILES string of the molecule is Cc1oc(-c2ccsc2)nc1CN(C)CC(=O)Nc1ccccc1. The molecule has 0 atom stereocenters. The van der Waals surface area contributed by atoms with Crippen molar-refractivity contribution in [2.24, 2.45) is 0 Å². The Morgan fingerprint density at radius 2 is 2.08 bits per heavy atom. The van der Waals surface area contributed by atoms with E-state index in [0.717, 1.165) is 22.7 Å². The van der Waals surface area contributed by atoms with Crippen LogP contribution in [0.4, 0.5) is 5.69 Å². The maximum atomic E-state index is 12.1. The topological polar surface area (TPSA) is 58.4 Å². The normalized spacial score (nSPS) is 11.0. The van der Waals surface area contributed by atoms with Crippen LogP contribution in [0.15, 0.2) is 51.6 Å². The number of carbonyl (C=O) groups is 1. The molecule has 0 spiro atoms. The van der Waals surface area contributed by atoms with Crippen molar-refractivity contribution < 1.29 is 9.21 Å². The van der Waals surface area contributed by atoms with Crippen molar-refractivity contribution in [2.45, 2.75) is 13.5 Å². The first-order chi connectivity index (χ1) is 11.6. The van der Waals surface area contributed by atoms with Gasteiger partial charge < -0.3 is 9.73 Å². The number of benzene rings is 1. The molecule has 24 heavy (non-hydrogen) atoms. The van der Waals surface area contributed by atoms with Crippen molar-refractivity contribution in [3.05, 3.63) is 58.6 Å². The van der Waals surface area contributed by atoms with Crippen LogP contribution in [0.25, 0.3) is 11.5 Å². The number of hydrogen-bond acceptors (Lipinski definition) is 5. The molecule has 0 radical (unpaired) electrons. The lowest BCUT2D eigenvalue weighted by atomic mass is 10.3. The summed E-state index contributed by atoms with van der Waals surface area (Å²) in [6.45, 7) is 2.74. The van der Waals surface area contributed by atoms with E-state index < -0.39 is 0 Å². The zero-order valence-electron chi connectivity index (χ0n) is 13.7. The van der Waals surface area contributed by atoms with E-state index in [9.17, 15) is 4.79 Å². The number of rotatable bonds is 6. The number of oxazole rings is 1. The Bertz CT molecular complexity index is 797. The highest BCUT2D eigenvalue weighted by molar-refractivity contribution is 7.08. The molecule has 0 aliphatic heterocycles. The average molecular weight is 341 g/mol. The minimum atomic E-state index is -0.0529. The second-order valence-electron chi connectivity index (χ2n) is 5.62. The summed E-state index contributed by atoms with van der Waals surface area (Å²) in [5.74, 6) is 1.36. The maximum absolute atomic E-state index is 12.1. The number of hydrogen-bond donors (Lipinski definition) is 1. The van der Waals surface area contributed by atoms with Gasteiger partial charge in [-0.05, 0) is 37.6 Å². The number of thiophene rings is 1. The molecule has 3 rings (SSSR count). The molecule has 1 amide bonds. The van der Waals surface area contributed by atoms with E-state index in [1.165, 1.54) is 0 Å². The van der Waals surface area contributed by atoms with Gasteiger partial charge in [-0.3, -0.25) is 9.69 Å². The van der Waals surface area contributed by atoms with Gasteiger partial charge in [0, 0.05) is 23.2 Å². The summed E-state index contributed by atoms with van der Waals surface area (Å²) < 4.78 is 5.73. The third-order valence-electron chi connectivity index (χ3n) is 3.55. The quantitative estimate of drug-likeness (QED) is 0.741. The third kappa shape index (κ3) is 4.10. The van der Waals surface area contributed by atoms with E-state index >= 15 is 0 Å². The van der Waals surface area contributed by atoms with E-state index in [1.807, 2.05) is 66.0 Å². The molecular formula is C18H19N3O2S. The minimum absolute atomic E-state index is 0.0529. The average Bonchev–Trinajstić information content (AvgIpc) is 3.18. The van der Waals surface area contributed by atoms with E-state index in [-0.39, 0.29) is 12.5 Å². The summed E-state index contributed by atoms with van der Waals surface area (Å²) in [5, 5.41) is 6.88. The van der Waals surface area contributed by atoms with Gasteiger partial charge in [-0.1, -0.05) is 18.2 Å².